The molecule has 4 heteroatoms. The molecule has 10 heavy (non-hydrogen) atoms. The molecule has 0 amide bonds. The predicted molar refractivity (Wildman–Crippen MR) is 33.7 cm³/mol. The van der Waals surface area contributed by atoms with Crippen molar-refractivity contribution in [3.8, 4) is 12.1 Å². The quantitative estimate of drug-likeness (QED) is 0.540. The minimum Gasteiger partial charge on any atom is -0.480 e. The van der Waals surface area contributed by atoms with Gasteiger partial charge in [0.1, 0.15) is 6.42 Å². The predicted octanol–water partition coefficient (Wildman–Crippen LogP) is 0.681. The lowest BCUT2D eigenvalue weighted by Gasteiger charge is -1.70. The van der Waals surface area contributed by atoms with Crippen molar-refractivity contribution >= 4 is 5.97 Å². The van der Waals surface area contributed by atoms with Crippen LogP contribution in [-0.2, 0) is 4.79 Å². The van der Waals surface area contributed by atoms with Crippen molar-refractivity contribution in [3.05, 3.63) is 12.7 Å². The van der Waals surface area contributed by atoms with Crippen LogP contribution in [-0.4, -0.2) is 11.1 Å². The summed E-state index contributed by atoms with van der Waals surface area (Å²) < 4.78 is 0. The van der Waals surface area contributed by atoms with E-state index < -0.39 is 12.4 Å². The number of carbonyl (C=O) groups is 1. The van der Waals surface area contributed by atoms with Crippen molar-refractivity contribution in [1.82, 2.24) is 0 Å². The first-order valence-corrected chi connectivity index (χ1v) is 2.28. The molecule has 0 radical (unpaired) electrons. The molecule has 0 bridgehead atoms. The van der Waals surface area contributed by atoms with Gasteiger partial charge in [-0.3, -0.25) is 4.79 Å². The maximum Gasteiger partial charge on any atom is 0.317 e. The number of hydrogen-bond donors (Lipinski definition) is 1. The topological polar surface area (TPSA) is 84.9 Å². The van der Waals surface area contributed by atoms with Gasteiger partial charge in [-0.2, -0.15) is 10.5 Å². The maximum absolute atomic E-state index is 9.38. The van der Waals surface area contributed by atoms with Gasteiger partial charge >= 0.3 is 5.97 Å². The zero-order chi connectivity index (χ0) is 8.41. The molecule has 0 aromatic heterocycles. The Balaban J connectivity index is 0. The van der Waals surface area contributed by atoms with Gasteiger partial charge in [0.2, 0.25) is 0 Å². The molecule has 0 atom stereocenters. The molecule has 0 aliphatic carbocycles. The fourth-order valence-electron chi connectivity index (χ4n) is 0.0676. The first kappa shape index (κ1) is 11.0. The van der Waals surface area contributed by atoms with Gasteiger partial charge in [0.05, 0.1) is 12.1 Å². The first-order chi connectivity index (χ1) is 4.68. The van der Waals surface area contributed by atoms with Crippen LogP contribution in [0, 0.1) is 22.7 Å². The molecule has 0 aromatic rings. The highest BCUT2D eigenvalue weighted by Gasteiger charge is 1.87. The summed E-state index contributed by atoms with van der Waals surface area (Å²) in [7, 11) is 0. The molecule has 52 valence electrons. The van der Waals surface area contributed by atoms with E-state index in [0.717, 1.165) is 0 Å². The maximum atomic E-state index is 9.38. The second-order valence-electron chi connectivity index (χ2n) is 1.06. The van der Waals surface area contributed by atoms with Crippen LogP contribution in [0.5, 0.6) is 0 Å². The number of nitrogens with zero attached hydrogens (tertiary/aromatic N) is 2. The van der Waals surface area contributed by atoms with E-state index in [0.29, 0.717) is 0 Å². The van der Waals surface area contributed by atoms with E-state index in [-0.39, 0.29) is 0 Å². The average Bonchev–Trinajstić information content (AvgIpc) is 1.89. The third kappa shape index (κ3) is 34.8. The molecule has 4 nitrogen and oxygen atoms in total. The minimum atomic E-state index is -1.07. The Morgan fingerprint density at radius 2 is 2.10 bits per heavy atom. The Bertz CT molecular complexity index is 185. The van der Waals surface area contributed by atoms with Gasteiger partial charge < -0.3 is 5.11 Å². The van der Waals surface area contributed by atoms with E-state index >= 15 is 0 Å². The van der Waals surface area contributed by atoms with Crippen molar-refractivity contribution in [2.75, 3.05) is 0 Å². The smallest absolute Gasteiger partial charge is 0.317 e. The molecule has 0 aromatic carbocycles. The van der Waals surface area contributed by atoms with Gasteiger partial charge in [0, 0.05) is 6.08 Å². The van der Waals surface area contributed by atoms with Crippen LogP contribution >= 0.6 is 0 Å². The third-order valence-corrected chi connectivity index (χ3v) is 0.322. The van der Waals surface area contributed by atoms with Crippen molar-refractivity contribution in [2.45, 2.75) is 6.42 Å². The summed E-state index contributed by atoms with van der Waals surface area (Å²) >= 11 is 0. The molecular weight excluding hydrogens is 132 g/mol. The monoisotopic (exact) mass is 138 g/mol. The molecule has 0 aliphatic rings. The van der Waals surface area contributed by atoms with E-state index in [1.165, 1.54) is 12.1 Å². The van der Waals surface area contributed by atoms with Crippen molar-refractivity contribution in [2.24, 2.45) is 0 Å². The Morgan fingerprint density at radius 1 is 1.70 bits per heavy atom. The van der Waals surface area contributed by atoms with Crippen molar-refractivity contribution in [1.29, 1.82) is 10.5 Å². The van der Waals surface area contributed by atoms with Crippen LogP contribution < -0.4 is 0 Å². The highest BCUT2D eigenvalue weighted by molar-refractivity contribution is 5.69. The van der Waals surface area contributed by atoms with Gasteiger partial charge in [-0.25, -0.2) is 0 Å². The van der Waals surface area contributed by atoms with E-state index in [2.05, 4.69) is 6.58 Å². The Hall–Kier alpha value is -1.81. The zero-order valence-electron chi connectivity index (χ0n) is 5.24. The Morgan fingerprint density at radius 3 is 2.10 bits per heavy atom. The van der Waals surface area contributed by atoms with Crippen LogP contribution in [0.4, 0.5) is 0 Å². The van der Waals surface area contributed by atoms with Gasteiger partial charge in [-0.15, -0.1) is 0 Å². The minimum absolute atomic E-state index is 0.403. The number of nitriles is 2. The molecule has 0 saturated heterocycles. The molecule has 0 heterocycles. The fraction of sp³-hybridized carbons (Fsp3) is 0.167. The summed E-state index contributed by atoms with van der Waals surface area (Å²) in [5.74, 6) is -1.07. The van der Waals surface area contributed by atoms with Gasteiger partial charge in [-0.1, -0.05) is 6.58 Å². The second kappa shape index (κ2) is 10.2. The summed E-state index contributed by atoms with van der Waals surface area (Å²) in [5.41, 5.74) is 0. The molecule has 0 spiro atoms. The molecule has 1 N–H and O–H groups in total. The molecular formula is C6H6N2O2. The highest BCUT2D eigenvalue weighted by atomic mass is 16.4. The Kier molecular flexibility index (Phi) is 11.3. The lowest BCUT2D eigenvalue weighted by Crippen LogP contribution is -1.88. The van der Waals surface area contributed by atoms with E-state index in [1.807, 2.05) is 0 Å². The lowest BCUT2D eigenvalue weighted by atomic mass is 10.5. The van der Waals surface area contributed by atoms with E-state index in [1.54, 1.807) is 6.07 Å². The first-order valence-electron chi connectivity index (χ1n) is 2.28. The molecule has 0 rings (SSSR count). The van der Waals surface area contributed by atoms with Crippen LogP contribution in [0.3, 0.4) is 0 Å². The van der Waals surface area contributed by atoms with Crippen LogP contribution in [0.25, 0.3) is 0 Å². The SMILES string of the molecule is C=CC#N.N#CCC(=O)O. The summed E-state index contributed by atoms with van der Waals surface area (Å²) in [6.07, 6.45) is 0.778. The number of carboxylic acids is 1. The van der Waals surface area contributed by atoms with Crippen LogP contribution in [0.1, 0.15) is 6.42 Å². The summed E-state index contributed by atoms with van der Waals surface area (Å²) in [4.78, 5) is 9.38. The average molecular weight is 138 g/mol. The number of aliphatic carboxylic acids is 1. The standard InChI is InChI=1S/C3H3NO2.C3H3N/c4-2-1-3(5)6;1-2-3-4/h1H2,(H,5,6);2H,1H2. The fourth-order valence-corrected chi connectivity index (χ4v) is 0.0676. The normalized spacial score (nSPS) is 5.40. The molecule has 0 aliphatic heterocycles. The van der Waals surface area contributed by atoms with Gasteiger partial charge in [-0.05, 0) is 0 Å². The number of rotatable bonds is 1. The van der Waals surface area contributed by atoms with Crippen LogP contribution in [0.2, 0.25) is 0 Å². The zero-order valence-corrected chi connectivity index (χ0v) is 5.24. The number of carboxylic acid groups (broad SMARTS) is 1. The van der Waals surface area contributed by atoms with E-state index in [4.69, 9.17) is 15.6 Å². The summed E-state index contributed by atoms with van der Waals surface area (Å²) in [6.45, 7) is 3.12. The summed E-state index contributed by atoms with van der Waals surface area (Å²) in [5, 5.41) is 22.8. The van der Waals surface area contributed by atoms with Gasteiger partial charge in [0.25, 0.3) is 0 Å². The molecule has 0 saturated carbocycles. The largest absolute Gasteiger partial charge is 0.480 e. The molecule has 0 fully saturated rings. The molecule has 0 unspecified atom stereocenters. The Labute approximate surface area is 58.6 Å². The third-order valence-electron chi connectivity index (χ3n) is 0.322. The van der Waals surface area contributed by atoms with Crippen molar-refractivity contribution in [3.63, 3.8) is 0 Å². The highest BCUT2D eigenvalue weighted by Crippen LogP contribution is 1.68. The van der Waals surface area contributed by atoms with Gasteiger partial charge in [0.15, 0.2) is 0 Å². The number of hydrogen-bond acceptors (Lipinski definition) is 3. The second-order valence-corrected chi connectivity index (χ2v) is 1.06. The summed E-state index contributed by atoms with van der Waals surface area (Å²) in [6, 6.07) is 3.16. The van der Waals surface area contributed by atoms with Crippen molar-refractivity contribution < 1.29 is 9.90 Å². The lowest BCUT2D eigenvalue weighted by molar-refractivity contribution is -0.135. The number of allylic oxidation sites excluding steroid dienone is 1. The van der Waals surface area contributed by atoms with E-state index in [9.17, 15) is 4.79 Å². The van der Waals surface area contributed by atoms with Crippen LogP contribution in [0.15, 0.2) is 12.7 Å².